The van der Waals surface area contributed by atoms with Gasteiger partial charge in [-0.1, -0.05) is 24.0 Å². The van der Waals surface area contributed by atoms with Crippen molar-refractivity contribution < 1.29 is 19.8 Å². The number of carboxylic acids is 1. The molecule has 140 valence electrons. The van der Waals surface area contributed by atoms with Gasteiger partial charge in [-0.05, 0) is 37.5 Å². The van der Waals surface area contributed by atoms with Crippen molar-refractivity contribution in [2.75, 3.05) is 24.5 Å². The molecule has 0 radical (unpaired) electrons. The quantitative estimate of drug-likeness (QED) is 0.549. The van der Waals surface area contributed by atoms with E-state index in [4.69, 9.17) is 17.3 Å². The van der Waals surface area contributed by atoms with E-state index in [-0.39, 0.29) is 18.4 Å². The first-order chi connectivity index (χ1) is 12.4. The molecule has 0 atom stereocenters. The largest absolute Gasteiger partial charge is 0.481 e. The lowest BCUT2D eigenvalue weighted by molar-refractivity contribution is -0.137. The Bertz CT molecular complexity index is 738. The molecule has 2 fully saturated rings. The van der Waals surface area contributed by atoms with Crippen LogP contribution < -0.4 is 4.90 Å². The first-order valence-electron chi connectivity index (χ1n) is 8.44. The van der Waals surface area contributed by atoms with Crippen LogP contribution in [0.1, 0.15) is 30.6 Å². The van der Waals surface area contributed by atoms with Crippen LogP contribution in [0.4, 0.5) is 5.00 Å². The minimum absolute atomic E-state index is 0.0227. The van der Waals surface area contributed by atoms with Crippen LogP contribution in [0.15, 0.2) is 17.0 Å². The van der Waals surface area contributed by atoms with Crippen LogP contribution >= 0.6 is 35.3 Å². The Morgan fingerprint density at radius 2 is 2.08 bits per heavy atom. The van der Waals surface area contributed by atoms with E-state index in [2.05, 4.69) is 4.90 Å². The second-order valence-corrected chi connectivity index (χ2v) is 8.99. The van der Waals surface area contributed by atoms with Crippen LogP contribution in [0.25, 0.3) is 6.08 Å². The van der Waals surface area contributed by atoms with Gasteiger partial charge >= 0.3 is 5.97 Å². The number of amides is 1. The zero-order valence-electron chi connectivity index (χ0n) is 14.1. The first-order valence-corrected chi connectivity index (χ1v) is 10.5. The molecule has 0 unspecified atom stereocenters. The maximum Gasteiger partial charge on any atom is 0.303 e. The van der Waals surface area contributed by atoms with E-state index in [1.54, 1.807) is 11.3 Å². The molecule has 0 aromatic carbocycles. The Morgan fingerprint density at radius 1 is 1.35 bits per heavy atom. The Balaban J connectivity index is 1.64. The van der Waals surface area contributed by atoms with Gasteiger partial charge in [0.25, 0.3) is 5.91 Å². The van der Waals surface area contributed by atoms with Crippen LogP contribution in [0.5, 0.6) is 0 Å². The molecular weight excluding hydrogens is 392 g/mol. The van der Waals surface area contributed by atoms with E-state index in [1.165, 1.54) is 16.7 Å². The lowest BCUT2D eigenvalue weighted by Crippen LogP contribution is -2.35. The highest BCUT2D eigenvalue weighted by molar-refractivity contribution is 8.26. The zero-order valence-corrected chi connectivity index (χ0v) is 16.5. The number of thiophene rings is 1. The van der Waals surface area contributed by atoms with E-state index >= 15 is 0 Å². The molecule has 1 aromatic heterocycles. The normalized spacial score (nSPS) is 20.4. The monoisotopic (exact) mass is 412 g/mol. The number of anilines is 1. The number of piperidine rings is 1. The molecule has 0 aliphatic carbocycles. The van der Waals surface area contributed by atoms with Crippen molar-refractivity contribution in [1.29, 1.82) is 0 Å². The molecule has 2 aliphatic heterocycles. The van der Waals surface area contributed by atoms with Crippen molar-refractivity contribution >= 4 is 62.6 Å². The molecule has 26 heavy (non-hydrogen) atoms. The van der Waals surface area contributed by atoms with Crippen LogP contribution in [-0.4, -0.2) is 57.0 Å². The molecule has 2 saturated heterocycles. The van der Waals surface area contributed by atoms with Crippen molar-refractivity contribution in [1.82, 2.24) is 4.90 Å². The molecule has 0 bridgehead atoms. The Kier molecular flexibility index (Phi) is 6.33. The van der Waals surface area contributed by atoms with Crippen LogP contribution in [0.2, 0.25) is 0 Å². The number of aliphatic carboxylic acids is 1. The standard InChI is InChI=1S/C17H20N2O4S3/c20-11-5-8-18(9-6-11)14-4-3-12(25-14)10-13-16(23)19(17(24)26-13)7-1-2-15(21)22/h3-4,10-11,20H,1-2,5-9H2,(H,21,22)/b13-10+. The predicted octanol–water partition coefficient (Wildman–Crippen LogP) is 2.78. The topological polar surface area (TPSA) is 81.1 Å². The van der Waals surface area contributed by atoms with Crippen molar-refractivity contribution in [3.63, 3.8) is 0 Å². The molecule has 2 N–H and O–H groups in total. The van der Waals surface area contributed by atoms with Crippen molar-refractivity contribution in [2.24, 2.45) is 0 Å². The predicted molar refractivity (Wildman–Crippen MR) is 109 cm³/mol. The molecule has 0 spiro atoms. The Labute approximate surface area is 165 Å². The summed E-state index contributed by atoms with van der Waals surface area (Å²) in [7, 11) is 0. The third-order valence-electron chi connectivity index (χ3n) is 4.31. The molecule has 3 heterocycles. The number of rotatable bonds is 6. The lowest BCUT2D eigenvalue weighted by atomic mass is 10.1. The fourth-order valence-corrected chi connectivity index (χ4v) is 5.26. The van der Waals surface area contributed by atoms with E-state index < -0.39 is 5.97 Å². The molecule has 2 aliphatic rings. The summed E-state index contributed by atoms with van der Waals surface area (Å²) < 4.78 is 0.480. The maximum absolute atomic E-state index is 12.5. The summed E-state index contributed by atoms with van der Waals surface area (Å²) >= 11 is 8.14. The van der Waals surface area contributed by atoms with E-state index in [0.29, 0.717) is 22.2 Å². The van der Waals surface area contributed by atoms with Gasteiger partial charge in [0.2, 0.25) is 0 Å². The van der Waals surface area contributed by atoms with E-state index in [9.17, 15) is 14.7 Å². The molecule has 3 rings (SSSR count). The van der Waals surface area contributed by atoms with Gasteiger partial charge in [0, 0.05) is 30.9 Å². The highest BCUT2D eigenvalue weighted by atomic mass is 32.2. The Hall–Kier alpha value is -1.42. The average Bonchev–Trinajstić information content (AvgIpc) is 3.15. The van der Waals surface area contributed by atoms with E-state index in [0.717, 1.165) is 35.8 Å². The van der Waals surface area contributed by atoms with Gasteiger partial charge < -0.3 is 15.1 Å². The third-order valence-corrected chi connectivity index (χ3v) is 6.78. The summed E-state index contributed by atoms with van der Waals surface area (Å²) in [4.78, 5) is 28.4. The zero-order chi connectivity index (χ0) is 18.7. The second kappa shape index (κ2) is 8.51. The average molecular weight is 413 g/mol. The van der Waals surface area contributed by atoms with Crippen molar-refractivity contribution in [2.45, 2.75) is 31.8 Å². The fourth-order valence-electron chi connectivity index (χ4n) is 2.89. The Morgan fingerprint density at radius 3 is 2.77 bits per heavy atom. The highest BCUT2D eigenvalue weighted by Gasteiger charge is 2.31. The van der Waals surface area contributed by atoms with Crippen LogP contribution in [0.3, 0.4) is 0 Å². The smallest absolute Gasteiger partial charge is 0.303 e. The summed E-state index contributed by atoms with van der Waals surface area (Å²) in [6, 6.07) is 4.03. The number of carbonyl (C=O) groups excluding carboxylic acids is 1. The molecule has 0 saturated carbocycles. The lowest BCUT2D eigenvalue weighted by Gasteiger charge is -2.30. The summed E-state index contributed by atoms with van der Waals surface area (Å²) in [6.45, 7) is 2.01. The molecule has 1 aromatic rings. The minimum atomic E-state index is -0.873. The number of aliphatic hydroxyl groups is 1. The van der Waals surface area contributed by atoms with Gasteiger partial charge in [-0.3, -0.25) is 14.5 Å². The van der Waals surface area contributed by atoms with Gasteiger partial charge in [-0.2, -0.15) is 0 Å². The van der Waals surface area contributed by atoms with Gasteiger partial charge in [0.1, 0.15) is 4.32 Å². The van der Waals surface area contributed by atoms with Crippen molar-refractivity contribution in [3.8, 4) is 0 Å². The molecule has 1 amide bonds. The second-order valence-electron chi connectivity index (χ2n) is 6.22. The van der Waals surface area contributed by atoms with E-state index in [1.807, 2.05) is 18.2 Å². The summed E-state index contributed by atoms with van der Waals surface area (Å²) in [5.41, 5.74) is 0. The summed E-state index contributed by atoms with van der Waals surface area (Å²) in [5.74, 6) is -1.02. The van der Waals surface area contributed by atoms with Gasteiger partial charge in [-0.25, -0.2) is 0 Å². The van der Waals surface area contributed by atoms with Gasteiger partial charge in [-0.15, -0.1) is 11.3 Å². The maximum atomic E-state index is 12.5. The molecular formula is C17H20N2O4S3. The van der Waals surface area contributed by atoms with Gasteiger partial charge in [0.15, 0.2) is 0 Å². The van der Waals surface area contributed by atoms with Gasteiger partial charge in [0.05, 0.1) is 16.0 Å². The van der Waals surface area contributed by atoms with Crippen molar-refractivity contribution in [3.05, 3.63) is 21.9 Å². The number of carbonyl (C=O) groups is 2. The number of nitrogens with zero attached hydrogens (tertiary/aromatic N) is 2. The fraction of sp³-hybridized carbons (Fsp3) is 0.471. The molecule has 9 heteroatoms. The first kappa shape index (κ1) is 19.3. The van der Waals surface area contributed by atoms with Crippen LogP contribution in [-0.2, 0) is 9.59 Å². The SMILES string of the molecule is O=C(O)CCCN1C(=O)/C(=C\c2ccc(N3CCC(O)CC3)s2)SC1=S. The molecule has 6 nitrogen and oxygen atoms in total. The number of hydrogen-bond acceptors (Lipinski definition) is 7. The minimum Gasteiger partial charge on any atom is -0.481 e. The third kappa shape index (κ3) is 4.64. The number of thiocarbonyl (C=S) groups is 1. The number of thioether (sulfide) groups is 1. The number of hydrogen-bond donors (Lipinski definition) is 2. The summed E-state index contributed by atoms with van der Waals surface area (Å²) in [6.07, 6.45) is 3.62. The van der Waals surface area contributed by atoms with Crippen LogP contribution in [0, 0.1) is 0 Å². The number of aliphatic hydroxyl groups excluding tert-OH is 1. The summed E-state index contributed by atoms with van der Waals surface area (Å²) in [5, 5.41) is 19.5. The number of carboxylic acid groups (broad SMARTS) is 1. The highest BCUT2D eigenvalue weighted by Crippen LogP contribution is 2.36.